The van der Waals surface area contributed by atoms with E-state index in [0.717, 1.165) is 35.7 Å². The predicted molar refractivity (Wildman–Crippen MR) is 89.8 cm³/mol. The first-order chi connectivity index (χ1) is 11.3. The van der Waals surface area contributed by atoms with Gasteiger partial charge in [-0.3, -0.25) is 4.79 Å². The largest absolute Gasteiger partial charge is 0.457 e. The van der Waals surface area contributed by atoms with Gasteiger partial charge in [-0.1, -0.05) is 36.4 Å². The number of ether oxygens (including phenoxy) is 1. The van der Waals surface area contributed by atoms with Crippen molar-refractivity contribution < 1.29 is 9.53 Å². The zero-order valence-electron chi connectivity index (χ0n) is 13.4. The summed E-state index contributed by atoms with van der Waals surface area (Å²) in [6.45, 7) is 3.71. The molecule has 0 atom stereocenters. The van der Waals surface area contributed by atoms with E-state index in [1.54, 1.807) is 0 Å². The Labute approximate surface area is 136 Å². The number of carbonyl (C=O) groups excluding carboxylic acids is 1. The third kappa shape index (κ3) is 2.61. The standard InChI is InChI=1S/C20H21NO2/c1-2-21(13-14-11-12-14)20(22)19-15-7-3-5-9-17(15)23-18-10-6-4-8-16(18)19/h3-10,14,19H,2,11-13H2,1H3. The molecule has 2 aromatic carbocycles. The van der Waals surface area contributed by atoms with Gasteiger partial charge >= 0.3 is 0 Å². The summed E-state index contributed by atoms with van der Waals surface area (Å²) in [5.41, 5.74) is 1.95. The maximum atomic E-state index is 13.3. The van der Waals surface area contributed by atoms with E-state index in [-0.39, 0.29) is 11.8 Å². The van der Waals surface area contributed by atoms with Gasteiger partial charge in [-0.25, -0.2) is 0 Å². The van der Waals surface area contributed by atoms with Crippen molar-refractivity contribution in [3.63, 3.8) is 0 Å². The minimum atomic E-state index is -0.255. The van der Waals surface area contributed by atoms with Gasteiger partial charge in [-0.2, -0.15) is 0 Å². The molecular formula is C20H21NO2. The smallest absolute Gasteiger partial charge is 0.234 e. The molecule has 118 valence electrons. The third-order valence-electron chi connectivity index (χ3n) is 4.80. The van der Waals surface area contributed by atoms with Gasteiger partial charge in [0.05, 0.1) is 5.92 Å². The molecule has 0 N–H and O–H groups in total. The zero-order valence-corrected chi connectivity index (χ0v) is 13.4. The first-order valence-electron chi connectivity index (χ1n) is 8.42. The number of amides is 1. The quantitative estimate of drug-likeness (QED) is 0.848. The third-order valence-corrected chi connectivity index (χ3v) is 4.80. The van der Waals surface area contributed by atoms with Gasteiger partial charge in [-0.15, -0.1) is 0 Å². The van der Waals surface area contributed by atoms with E-state index in [1.807, 2.05) is 53.4 Å². The molecule has 23 heavy (non-hydrogen) atoms. The second kappa shape index (κ2) is 5.73. The fraction of sp³-hybridized carbons (Fsp3) is 0.350. The van der Waals surface area contributed by atoms with E-state index < -0.39 is 0 Å². The van der Waals surface area contributed by atoms with E-state index in [2.05, 4.69) is 6.92 Å². The van der Waals surface area contributed by atoms with Crippen LogP contribution in [0.15, 0.2) is 48.5 Å². The average Bonchev–Trinajstić information content (AvgIpc) is 3.41. The first kappa shape index (κ1) is 14.3. The van der Waals surface area contributed by atoms with E-state index in [4.69, 9.17) is 4.74 Å². The van der Waals surface area contributed by atoms with Crippen molar-refractivity contribution in [1.82, 2.24) is 4.90 Å². The van der Waals surface area contributed by atoms with Gasteiger partial charge in [0.1, 0.15) is 11.5 Å². The Morgan fingerprint density at radius 2 is 1.61 bits per heavy atom. The molecular weight excluding hydrogens is 286 g/mol. The van der Waals surface area contributed by atoms with Crippen LogP contribution in [0.1, 0.15) is 36.8 Å². The fourth-order valence-electron chi connectivity index (χ4n) is 3.35. The van der Waals surface area contributed by atoms with Crippen molar-refractivity contribution in [3.05, 3.63) is 59.7 Å². The molecule has 3 nitrogen and oxygen atoms in total. The monoisotopic (exact) mass is 307 g/mol. The molecule has 0 saturated heterocycles. The summed E-state index contributed by atoms with van der Waals surface area (Å²) in [5.74, 6) is 2.24. The van der Waals surface area contributed by atoms with Crippen LogP contribution < -0.4 is 4.74 Å². The van der Waals surface area contributed by atoms with Gasteiger partial charge < -0.3 is 9.64 Å². The molecule has 1 heterocycles. The van der Waals surface area contributed by atoms with Crippen molar-refractivity contribution in [2.24, 2.45) is 5.92 Å². The minimum Gasteiger partial charge on any atom is -0.457 e. The fourth-order valence-corrected chi connectivity index (χ4v) is 3.35. The summed E-state index contributed by atoms with van der Waals surface area (Å²) in [6.07, 6.45) is 2.51. The van der Waals surface area contributed by atoms with Gasteiger partial charge in [-0.05, 0) is 37.8 Å². The molecule has 0 aromatic heterocycles. The molecule has 2 aromatic rings. The number of benzene rings is 2. The summed E-state index contributed by atoms with van der Waals surface area (Å²) in [6, 6.07) is 15.8. The van der Waals surface area contributed by atoms with Gasteiger partial charge in [0.2, 0.25) is 5.91 Å². The molecule has 1 aliphatic heterocycles. The van der Waals surface area contributed by atoms with Crippen molar-refractivity contribution in [2.45, 2.75) is 25.7 Å². The predicted octanol–water partition coefficient (Wildman–Crippen LogP) is 4.18. The second-order valence-corrected chi connectivity index (χ2v) is 6.43. The molecule has 0 bridgehead atoms. The number of carbonyl (C=O) groups is 1. The van der Waals surface area contributed by atoms with Crippen LogP contribution in [0.25, 0.3) is 0 Å². The lowest BCUT2D eigenvalue weighted by Gasteiger charge is -2.31. The number of rotatable bonds is 4. The molecule has 2 aliphatic rings. The highest BCUT2D eigenvalue weighted by Crippen LogP contribution is 2.45. The number of nitrogens with zero attached hydrogens (tertiary/aromatic N) is 1. The highest BCUT2D eigenvalue weighted by Gasteiger charge is 2.36. The van der Waals surface area contributed by atoms with Crippen molar-refractivity contribution >= 4 is 5.91 Å². The number of fused-ring (bicyclic) bond motifs is 2. The Kier molecular flexibility index (Phi) is 3.56. The molecule has 1 aliphatic carbocycles. The number of para-hydroxylation sites is 2. The van der Waals surface area contributed by atoms with Crippen LogP contribution in [-0.2, 0) is 4.79 Å². The molecule has 0 unspecified atom stereocenters. The molecule has 1 fully saturated rings. The Balaban J connectivity index is 1.75. The van der Waals surface area contributed by atoms with Crippen LogP contribution in [0.4, 0.5) is 0 Å². The summed E-state index contributed by atoms with van der Waals surface area (Å²) in [5, 5.41) is 0. The summed E-state index contributed by atoms with van der Waals surface area (Å²) in [7, 11) is 0. The van der Waals surface area contributed by atoms with Crippen LogP contribution in [0.3, 0.4) is 0 Å². The SMILES string of the molecule is CCN(CC1CC1)C(=O)C1c2ccccc2Oc2ccccc21. The van der Waals surface area contributed by atoms with Crippen LogP contribution in [0.2, 0.25) is 0 Å². The molecule has 3 heteroatoms. The number of hydrogen-bond acceptors (Lipinski definition) is 2. The van der Waals surface area contributed by atoms with Crippen molar-refractivity contribution in [3.8, 4) is 11.5 Å². The maximum absolute atomic E-state index is 13.3. The Morgan fingerprint density at radius 1 is 1.04 bits per heavy atom. The number of hydrogen-bond donors (Lipinski definition) is 0. The molecule has 4 rings (SSSR count). The zero-order chi connectivity index (χ0) is 15.8. The van der Waals surface area contributed by atoms with Crippen LogP contribution >= 0.6 is 0 Å². The number of likely N-dealkylation sites (N-methyl/N-ethyl adjacent to an activating group) is 1. The Morgan fingerprint density at radius 3 is 2.13 bits per heavy atom. The van der Waals surface area contributed by atoms with Crippen molar-refractivity contribution in [2.75, 3.05) is 13.1 Å². The van der Waals surface area contributed by atoms with E-state index in [1.165, 1.54) is 12.8 Å². The molecule has 1 amide bonds. The summed E-state index contributed by atoms with van der Waals surface area (Å²) in [4.78, 5) is 15.3. The highest BCUT2D eigenvalue weighted by molar-refractivity contribution is 5.89. The highest BCUT2D eigenvalue weighted by atomic mass is 16.5. The van der Waals surface area contributed by atoms with Crippen LogP contribution in [0.5, 0.6) is 11.5 Å². The lowest BCUT2D eigenvalue weighted by Crippen LogP contribution is -2.37. The molecule has 0 radical (unpaired) electrons. The van der Waals surface area contributed by atoms with Gasteiger partial charge in [0.25, 0.3) is 0 Å². The lowest BCUT2D eigenvalue weighted by atomic mass is 9.86. The van der Waals surface area contributed by atoms with Crippen LogP contribution in [-0.4, -0.2) is 23.9 Å². The lowest BCUT2D eigenvalue weighted by molar-refractivity contribution is -0.132. The van der Waals surface area contributed by atoms with Crippen LogP contribution in [0, 0.1) is 5.92 Å². The van der Waals surface area contributed by atoms with Gasteiger partial charge in [0, 0.05) is 24.2 Å². The maximum Gasteiger partial charge on any atom is 0.234 e. The van der Waals surface area contributed by atoms with E-state index in [9.17, 15) is 4.79 Å². The normalized spacial score (nSPS) is 16.2. The average molecular weight is 307 g/mol. The first-order valence-corrected chi connectivity index (χ1v) is 8.42. The van der Waals surface area contributed by atoms with Gasteiger partial charge in [0.15, 0.2) is 0 Å². The molecule has 1 saturated carbocycles. The van der Waals surface area contributed by atoms with E-state index >= 15 is 0 Å². The van der Waals surface area contributed by atoms with E-state index in [0.29, 0.717) is 5.92 Å². The molecule has 0 spiro atoms. The topological polar surface area (TPSA) is 29.5 Å². The Bertz CT molecular complexity index is 690. The second-order valence-electron chi connectivity index (χ2n) is 6.43. The van der Waals surface area contributed by atoms with Crippen molar-refractivity contribution in [1.29, 1.82) is 0 Å². The Hall–Kier alpha value is -2.29. The summed E-state index contributed by atoms with van der Waals surface area (Å²) >= 11 is 0. The summed E-state index contributed by atoms with van der Waals surface area (Å²) < 4.78 is 5.99. The minimum absolute atomic E-state index is 0.197.